The zero-order valence-electron chi connectivity index (χ0n) is 13.6. The summed E-state index contributed by atoms with van der Waals surface area (Å²) in [6.45, 7) is 2.02. The fourth-order valence-electron chi connectivity index (χ4n) is 2.58. The summed E-state index contributed by atoms with van der Waals surface area (Å²) in [5.41, 5.74) is 2.08. The molecular weight excluding hydrogens is 325 g/mol. The average Bonchev–Trinajstić information content (AvgIpc) is 3.24. The smallest absolute Gasteiger partial charge is 0.255 e. The molecule has 0 radical (unpaired) electrons. The molecule has 0 saturated heterocycles. The van der Waals surface area contributed by atoms with E-state index in [-0.39, 0.29) is 17.6 Å². The minimum absolute atomic E-state index is 0.275. The van der Waals surface area contributed by atoms with Gasteiger partial charge in [-0.1, -0.05) is 0 Å². The van der Waals surface area contributed by atoms with E-state index >= 15 is 0 Å². The summed E-state index contributed by atoms with van der Waals surface area (Å²) in [6.07, 6.45) is 5.12. The summed E-state index contributed by atoms with van der Waals surface area (Å²) in [4.78, 5) is 27.0. The fourth-order valence-corrected chi connectivity index (χ4v) is 2.58. The minimum atomic E-state index is -0.667. The molecule has 3 rings (SSSR count). The Bertz CT molecular complexity index is 886. The molecule has 2 heterocycles. The van der Waals surface area contributed by atoms with E-state index in [4.69, 9.17) is 4.42 Å². The molecule has 0 spiro atoms. The number of furan rings is 1. The molecule has 3 N–H and O–H groups in total. The number of H-pyrrole nitrogens is 1. The lowest BCUT2D eigenvalue weighted by Gasteiger charge is -2.13. The van der Waals surface area contributed by atoms with Gasteiger partial charge in [0.15, 0.2) is 0 Å². The number of carbonyl (C=O) groups is 2. The predicted molar refractivity (Wildman–Crippen MR) is 90.6 cm³/mol. The van der Waals surface area contributed by atoms with E-state index in [0.717, 1.165) is 16.5 Å². The Morgan fingerprint density at radius 3 is 2.92 bits per heavy atom. The van der Waals surface area contributed by atoms with Gasteiger partial charge in [0.2, 0.25) is 5.91 Å². The molecule has 0 aliphatic heterocycles. The van der Waals surface area contributed by atoms with Crippen LogP contribution in [0.3, 0.4) is 0 Å². The predicted octanol–water partition coefficient (Wildman–Crippen LogP) is 2.38. The summed E-state index contributed by atoms with van der Waals surface area (Å²) in [5, 5.41) is 6.31. The lowest BCUT2D eigenvalue weighted by molar-refractivity contribution is -0.122. The van der Waals surface area contributed by atoms with E-state index in [9.17, 15) is 14.0 Å². The van der Waals surface area contributed by atoms with Crippen LogP contribution < -0.4 is 10.6 Å². The molecule has 0 aliphatic rings. The first-order valence-electron chi connectivity index (χ1n) is 7.91. The molecule has 0 fully saturated rings. The fraction of sp³-hybridized carbons (Fsp3) is 0.222. The van der Waals surface area contributed by atoms with E-state index in [0.29, 0.717) is 18.5 Å². The first-order valence-corrected chi connectivity index (χ1v) is 7.91. The van der Waals surface area contributed by atoms with Gasteiger partial charge in [-0.05, 0) is 43.2 Å². The number of aromatic nitrogens is 1. The van der Waals surface area contributed by atoms with Crippen LogP contribution in [-0.2, 0) is 11.2 Å². The van der Waals surface area contributed by atoms with E-state index in [1.165, 1.54) is 30.7 Å². The molecule has 6 nitrogen and oxygen atoms in total. The maximum Gasteiger partial charge on any atom is 0.255 e. The van der Waals surface area contributed by atoms with Crippen LogP contribution in [0.5, 0.6) is 0 Å². The Balaban J connectivity index is 1.50. The molecule has 0 unspecified atom stereocenters. The second kappa shape index (κ2) is 7.21. The van der Waals surface area contributed by atoms with Crippen molar-refractivity contribution in [2.75, 3.05) is 6.54 Å². The van der Waals surface area contributed by atoms with E-state index in [2.05, 4.69) is 15.6 Å². The Labute approximate surface area is 143 Å². The molecule has 25 heavy (non-hydrogen) atoms. The van der Waals surface area contributed by atoms with Gasteiger partial charge in [-0.25, -0.2) is 4.39 Å². The lowest BCUT2D eigenvalue weighted by Crippen LogP contribution is -2.45. The quantitative estimate of drug-likeness (QED) is 0.642. The summed E-state index contributed by atoms with van der Waals surface area (Å²) in [7, 11) is 0. The normalized spacial score (nSPS) is 12.1. The van der Waals surface area contributed by atoms with Crippen molar-refractivity contribution >= 4 is 22.7 Å². The molecule has 1 atom stereocenters. The minimum Gasteiger partial charge on any atom is -0.472 e. The van der Waals surface area contributed by atoms with E-state index < -0.39 is 6.04 Å². The van der Waals surface area contributed by atoms with Crippen molar-refractivity contribution in [3.63, 3.8) is 0 Å². The summed E-state index contributed by atoms with van der Waals surface area (Å²) < 4.78 is 18.0. The first-order chi connectivity index (χ1) is 12.0. The highest BCUT2D eigenvalue weighted by Gasteiger charge is 2.17. The van der Waals surface area contributed by atoms with Crippen molar-refractivity contribution in [2.45, 2.75) is 19.4 Å². The Kier molecular flexibility index (Phi) is 4.83. The molecule has 3 aromatic rings. The van der Waals surface area contributed by atoms with E-state index in [1.54, 1.807) is 19.2 Å². The molecule has 0 aliphatic carbocycles. The SMILES string of the molecule is C[C@@H](NC(=O)c1ccoc1)C(=O)NCCc1c[nH]c2cc(F)ccc12. The van der Waals surface area contributed by atoms with Gasteiger partial charge < -0.3 is 20.0 Å². The van der Waals surface area contributed by atoms with Crippen molar-refractivity contribution in [2.24, 2.45) is 0 Å². The molecule has 0 saturated carbocycles. The van der Waals surface area contributed by atoms with Gasteiger partial charge in [0, 0.05) is 23.6 Å². The van der Waals surface area contributed by atoms with Crippen molar-refractivity contribution in [1.82, 2.24) is 15.6 Å². The van der Waals surface area contributed by atoms with Crippen molar-refractivity contribution < 1.29 is 18.4 Å². The van der Waals surface area contributed by atoms with Crippen molar-refractivity contribution in [3.05, 3.63) is 59.9 Å². The van der Waals surface area contributed by atoms with Crippen LogP contribution in [0.25, 0.3) is 10.9 Å². The third-order valence-corrected chi connectivity index (χ3v) is 3.95. The van der Waals surface area contributed by atoms with Crippen LogP contribution in [0.1, 0.15) is 22.8 Å². The molecule has 2 amide bonds. The van der Waals surface area contributed by atoms with Crippen LogP contribution >= 0.6 is 0 Å². The van der Waals surface area contributed by atoms with Gasteiger partial charge >= 0.3 is 0 Å². The maximum atomic E-state index is 13.2. The molecule has 130 valence electrons. The number of carbonyl (C=O) groups excluding carboxylic acids is 2. The average molecular weight is 343 g/mol. The highest BCUT2D eigenvalue weighted by molar-refractivity contribution is 5.97. The number of nitrogens with one attached hydrogen (secondary N) is 3. The van der Waals surface area contributed by atoms with Gasteiger partial charge in [-0.2, -0.15) is 0 Å². The number of hydrogen-bond donors (Lipinski definition) is 3. The van der Waals surface area contributed by atoms with Crippen LogP contribution in [0.15, 0.2) is 47.4 Å². The largest absolute Gasteiger partial charge is 0.472 e. The number of benzene rings is 1. The number of amides is 2. The summed E-state index contributed by atoms with van der Waals surface area (Å²) in [6, 6.07) is 5.42. The van der Waals surface area contributed by atoms with Gasteiger partial charge in [0.05, 0.1) is 11.8 Å². The number of aromatic amines is 1. The third kappa shape index (κ3) is 3.88. The molecule has 7 heteroatoms. The van der Waals surface area contributed by atoms with Gasteiger partial charge in [-0.15, -0.1) is 0 Å². The summed E-state index contributed by atoms with van der Waals surface area (Å²) in [5.74, 6) is -0.936. The molecule has 1 aromatic carbocycles. The highest BCUT2D eigenvalue weighted by Crippen LogP contribution is 2.19. The standard InChI is InChI=1S/C18H18FN3O3/c1-11(22-18(24)13-5-7-25-10-13)17(23)20-6-4-12-9-21-16-8-14(19)2-3-15(12)16/h2-3,5,7-11,21H,4,6H2,1H3,(H,20,23)(H,22,24)/t11-/m1/s1. The maximum absolute atomic E-state index is 13.2. The molecule has 0 bridgehead atoms. The zero-order chi connectivity index (χ0) is 17.8. The number of hydrogen-bond acceptors (Lipinski definition) is 3. The number of fused-ring (bicyclic) bond motifs is 1. The summed E-state index contributed by atoms with van der Waals surface area (Å²) >= 11 is 0. The first kappa shape index (κ1) is 16.8. The second-order valence-corrected chi connectivity index (χ2v) is 5.75. The topological polar surface area (TPSA) is 87.1 Å². The molecular formula is C18H18FN3O3. The van der Waals surface area contributed by atoms with Gasteiger partial charge in [0.25, 0.3) is 5.91 Å². The highest BCUT2D eigenvalue weighted by atomic mass is 19.1. The lowest BCUT2D eigenvalue weighted by atomic mass is 10.1. The zero-order valence-corrected chi connectivity index (χ0v) is 13.6. The van der Waals surface area contributed by atoms with Crippen LogP contribution in [0, 0.1) is 5.82 Å². The number of halogens is 1. The second-order valence-electron chi connectivity index (χ2n) is 5.75. The number of rotatable bonds is 6. The Hall–Kier alpha value is -3.09. The van der Waals surface area contributed by atoms with Crippen LogP contribution in [-0.4, -0.2) is 29.4 Å². The monoisotopic (exact) mass is 343 g/mol. The van der Waals surface area contributed by atoms with Gasteiger partial charge in [-0.3, -0.25) is 9.59 Å². The van der Waals surface area contributed by atoms with E-state index in [1.807, 2.05) is 0 Å². The van der Waals surface area contributed by atoms with Gasteiger partial charge in [0.1, 0.15) is 18.1 Å². The van der Waals surface area contributed by atoms with Crippen molar-refractivity contribution in [3.8, 4) is 0 Å². The Morgan fingerprint density at radius 1 is 1.32 bits per heavy atom. The Morgan fingerprint density at radius 2 is 2.16 bits per heavy atom. The molecule has 2 aromatic heterocycles. The van der Waals surface area contributed by atoms with Crippen molar-refractivity contribution in [1.29, 1.82) is 0 Å². The van der Waals surface area contributed by atoms with Crippen LogP contribution in [0.2, 0.25) is 0 Å². The van der Waals surface area contributed by atoms with Crippen LogP contribution in [0.4, 0.5) is 4.39 Å². The third-order valence-electron chi connectivity index (χ3n) is 3.95.